The minimum atomic E-state index is -1.02. The van der Waals surface area contributed by atoms with E-state index in [-0.39, 0.29) is 16.6 Å². The van der Waals surface area contributed by atoms with Gasteiger partial charge in [-0.15, -0.1) is 0 Å². The van der Waals surface area contributed by atoms with E-state index in [2.05, 4.69) is 10.3 Å². The van der Waals surface area contributed by atoms with Crippen LogP contribution in [0.2, 0.25) is 5.15 Å². The van der Waals surface area contributed by atoms with Crippen LogP contribution in [0.1, 0.15) is 31.1 Å². The number of halogens is 1. The minimum absolute atomic E-state index is 0.00644. The molecule has 0 aliphatic heterocycles. The van der Waals surface area contributed by atoms with Crippen LogP contribution in [0.4, 0.5) is 0 Å². The van der Waals surface area contributed by atoms with Gasteiger partial charge in [0, 0.05) is 6.20 Å². The van der Waals surface area contributed by atoms with Gasteiger partial charge in [0.1, 0.15) is 10.7 Å². The van der Waals surface area contributed by atoms with Crippen molar-refractivity contribution in [3.63, 3.8) is 0 Å². The molecule has 0 bridgehead atoms. The number of nitriles is 1. The topological polar surface area (TPSA) is 92.1 Å². The normalized spacial score (nSPS) is 13.1. The molecule has 1 heterocycles. The quantitative estimate of drug-likeness (QED) is 0.663. The van der Waals surface area contributed by atoms with Gasteiger partial charge < -0.3 is 10.1 Å². The lowest BCUT2D eigenvalue weighted by Crippen LogP contribution is -2.50. The van der Waals surface area contributed by atoms with Crippen molar-refractivity contribution >= 4 is 23.5 Å². The van der Waals surface area contributed by atoms with E-state index < -0.39 is 24.0 Å². The smallest absolute Gasteiger partial charge is 0.341 e. The lowest BCUT2D eigenvalue weighted by Gasteiger charge is -2.27. The molecule has 0 aliphatic carbocycles. The van der Waals surface area contributed by atoms with Crippen LogP contribution in [0.15, 0.2) is 18.3 Å². The molecule has 1 atom stereocenters. The Balaban J connectivity index is 2.60. The number of hydrogen-bond donors (Lipinski definition) is 1. The summed E-state index contributed by atoms with van der Waals surface area (Å²) >= 11 is 5.75. The van der Waals surface area contributed by atoms with Gasteiger partial charge in [0.05, 0.1) is 11.6 Å². The van der Waals surface area contributed by atoms with E-state index in [0.717, 1.165) is 0 Å². The molecule has 0 fully saturated rings. The second-order valence-electron chi connectivity index (χ2n) is 4.93. The van der Waals surface area contributed by atoms with E-state index >= 15 is 0 Å². The molecule has 0 aromatic carbocycles. The Morgan fingerprint density at radius 2 is 2.24 bits per heavy atom. The molecule has 1 aromatic heterocycles. The van der Waals surface area contributed by atoms with E-state index in [1.165, 1.54) is 18.3 Å². The molecule has 0 saturated heterocycles. The molecule has 21 heavy (non-hydrogen) atoms. The average molecular weight is 310 g/mol. The highest BCUT2D eigenvalue weighted by Crippen LogP contribution is 2.15. The molecule has 7 heteroatoms. The van der Waals surface area contributed by atoms with Crippen molar-refractivity contribution in [1.29, 1.82) is 5.26 Å². The number of nitrogens with zero attached hydrogens (tertiary/aromatic N) is 2. The summed E-state index contributed by atoms with van der Waals surface area (Å²) in [6, 6.07) is 5.02. The number of nitrogens with one attached hydrogen (secondary N) is 1. The van der Waals surface area contributed by atoms with Crippen LogP contribution in [0, 0.1) is 17.2 Å². The number of rotatable bonds is 5. The third-order valence-corrected chi connectivity index (χ3v) is 3.40. The standard InChI is InChI=1S/C14H16ClN3O3/c1-9(2)14(3,8-16)18-11(19)7-21-13(20)10-5-4-6-17-12(10)15/h4-6,9H,7H2,1-3H3,(H,18,19)/t14-/m0/s1. The average Bonchev–Trinajstić information content (AvgIpc) is 2.44. The first-order valence-electron chi connectivity index (χ1n) is 6.30. The van der Waals surface area contributed by atoms with Crippen molar-refractivity contribution in [2.24, 2.45) is 5.92 Å². The monoisotopic (exact) mass is 309 g/mol. The first-order valence-corrected chi connectivity index (χ1v) is 6.68. The Labute approximate surface area is 128 Å². The van der Waals surface area contributed by atoms with Gasteiger partial charge >= 0.3 is 5.97 Å². The Kier molecular flexibility index (Phi) is 5.68. The summed E-state index contributed by atoms with van der Waals surface area (Å²) in [6.45, 7) is 4.74. The largest absolute Gasteiger partial charge is 0.452 e. The molecule has 0 radical (unpaired) electrons. The fraction of sp³-hybridized carbons (Fsp3) is 0.429. The number of carbonyl (C=O) groups excluding carboxylic acids is 2. The van der Waals surface area contributed by atoms with Gasteiger partial charge in [0.15, 0.2) is 6.61 Å². The molecule has 1 amide bonds. The number of pyridine rings is 1. The zero-order valence-corrected chi connectivity index (χ0v) is 12.8. The van der Waals surface area contributed by atoms with Gasteiger partial charge in [-0.3, -0.25) is 4.79 Å². The second kappa shape index (κ2) is 7.04. The number of carbonyl (C=O) groups is 2. The van der Waals surface area contributed by atoms with E-state index in [9.17, 15) is 9.59 Å². The van der Waals surface area contributed by atoms with Crippen molar-refractivity contribution in [3.8, 4) is 6.07 Å². The molecule has 112 valence electrons. The highest BCUT2D eigenvalue weighted by atomic mass is 35.5. The maximum atomic E-state index is 11.8. The third-order valence-electron chi connectivity index (χ3n) is 3.10. The lowest BCUT2D eigenvalue weighted by molar-refractivity contribution is -0.125. The summed E-state index contributed by atoms with van der Waals surface area (Å²) in [5, 5.41) is 11.6. The van der Waals surface area contributed by atoms with Crippen LogP contribution >= 0.6 is 11.6 Å². The van der Waals surface area contributed by atoms with Crippen LogP contribution in [-0.2, 0) is 9.53 Å². The van der Waals surface area contributed by atoms with Crippen LogP contribution < -0.4 is 5.32 Å². The predicted octanol–water partition coefficient (Wildman–Crippen LogP) is 1.95. The zero-order chi connectivity index (χ0) is 16.0. The maximum Gasteiger partial charge on any atom is 0.341 e. The van der Waals surface area contributed by atoms with E-state index in [4.69, 9.17) is 21.6 Å². The molecule has 6 nitrogen and oxygen atoms in total. The molecule has 0 aliphatic rings. The number of ether oxygens (including phenoxy) is 1. The molecular formula is C14H16ClN3O3. The Hall–Kier alpha value is -2.13. The van der Waals surface area contributed by atoms with Crippen LogP contribution in [0.5, 0.6) is 0 Å². The fourth-order valence-electron chi connectivity index (χ4n) is 1.37. The molecule has 1 aromatic rings. The molecule has 1 rings (SSSR count). The van der Waals surface area contributed by atoms with Gasteiger partial charge in [0.2, 0.25) is 0 Å². The first kappa shape index (κ1) is 16.9. The number of amides is 1. The molecule has 0 saturated carbocycles. The fourth-order valence-corrected chi connectivity index (χ4v) is 1.57. The highest BCUT2D eigenvalue weighted by molar-refractivity contribution is 6.32. The molecular weight excluding hydrogens is 294 g/mol. The van der Waals surface area contributed by atoms with Crippen molar-refractivity contribution in [2.45, 2.75) is 26.3 Å². The molecule has 0 unspecified atom stereocenters. The maximum absolute atomic E-state index is 11.8. The summed E-state index contributed by atoms with van der Waals surface area (Å²) in [5.74, 6) is -1.39. The number of esters is 1. The van der Waals surface area contributed by atoms with E-state index in [0.29, 0.717) is 0 Å². The first-order chi connectivity index (χ1) is 9.80. The van der Waals surface area contributed by atoms with Crippen molar-refractivity contribution in [2.75, 3.05) is 6.61 Å². The molecule has 0 spiro atoms. The second-order valence-corrected chi connectivity index (χ2v) is 5.29. The van der Waals surface area contributed by atoms with Crippen molar-refractivity contribution in [1.82, 2.24) is 10.3 Å². The Morgan fingerprint density at radius 3 is 2.76 bits per heavy atom. The Bertz CT molecular complexity index is 583. The van der Waals surface area contributed by atoms with Crippen LogP contribution in [0.25, 0.3) is 0 Å². The van der Waals surface area contributed by atoms with Gasteiger partial charge in [-0.25, -0.2) is 9.78 Å². The summed E-state index contributed by atoms with van der Waals surface area (Å²) in [6.07, 6.45) is 1.44. The van der Waals surface area contributed by atoms with E-state index in [1.807, 2.05) is 19.9 Å². The molecule has 1 N–H and O–H groups in total. The lowest BCUT2D eigenvalue weighted by atomic mass is 9.90. The van der Waals surface area contributed by atoms with E-state index in [1.54, 1.807) is 6.92 Å². The summed E-state index contributed by atoms with van der Waals surface area (Å²) in [5.41, 5.74) is -0.936. The van der Waals surface area contributed by atoms with Crippen LogP contribution in [-0.4, -0.2) is 29.0 Å². The van der Waals surface area contributed by atoms with Crippen molar-refractivity contribution in [3.05, 3.63) is 29.0 Å². The van der Waals surface area contributed by atoms with Gasteiger partial charge in [-0.2, -0.15) is 5.26 Å². The Morgan fingerprint density at radius 1 is 1.57 bits per heavy atom. The van der Waals surface area contributed by atoms with Gasteiger partial charge in [-0.1, -0.05) is 25.4 Å². The summed E-state index contributed by atoms with van der Waals surface area (Å²) < 4.78 is 4.86. The number of hydrogen-bond acceptors (Lipinski definition) is 5. The highest BCUT2D eigenvalue weighted by Gasteiger charge is 2.30. The SMILES string of the molecule is CC(C)[C@](C)(C#N)NC(=O)COC(=O)c1cccnc1Cl. The number of aromatic nitrogens is 1. The summed E-state index contributed by atoms with van der Waals surface area (Å²) in [4.78, 5) is 27.2. The minimum Gasteiger partial charge on any atom is -0.452 e. The summed E-state index contributed by atoms with van der Waals surface area (Å²) in [7, 11) is 0. The van der Waals surface area contributed by atoms with Crippen LogP contribution in [0.3, 0.4) is 0 Å². The van der Waals surface area contributed by atoms with Gasteiger partial charge in [-0.05, 0) is 25.0 Å². The third kappa shape index (κ3) is 4.43. The van der Waals surface area contributed by atoms with Crippen molar-refractivity contribution < 1.29 is 14.3 Å². The zero-order valence-electron chi connectivity index (χ0n) is 12.0. The predicted molar refractivity (Wildman–Crippen MR) is 76.5 cm³/mol. The van der Waals surface area contributed by atoms with Gasteiger partial charge in [0.25, 0.3) is 5.91 Å².